The summed E-state index contributed by atoms with van der Waals surface area (Å²) in [6, 6.07) is 0. The topological polar surface area (TPSA) is 166 Å². The van der Waals surface area contributed by atoms with E-state index in [-0.39, 0.29) is 12.4 Å². The lowest BCUT2D eigenvalue weighted by atomic mass is 10.4. The van der Waals surface area contributed by atoms with Gasteiger partial charge in [0.1, 0.15) is 31.7 Å². The number of aliphatic hydroxyl groups is 1. The molecule has 5 N–H and O–H groups in total. The number of nitrogen functional groups attached to an aromatic ring is 1. The summed E-state index contributed by atoms with van der Waals surface area (Å²) in [7, 11) is -4.31. The molecule has 2 rings (SSSR count). The standard InChI is InChI=1S/C9H14N5O6P/c10-8-7-9(12-3-11-8)14(4-13-7)20-2-6(1-15)19-5-21(16,17)18/h3-4,6,15H,1-2,5H2,(H2,10,11,12)(H2,16,17,18). The highest BCUT2D eigenvalue weighted by molar-refractivity contribution is 7.51. The number of hydrogen-bond acceptors (Lipinski definition) is 8. The molecule has 0 fully saturated rings. The molecule has 11 nitrogen and oxygen atoms in total. The molecule has 0 aliphatic carbocycles. The van der Waals surface area contributed by atoms with E-state index in [9.17, 15) is 4.57 Å². The zero-order valence-electron chi connectivity index (χ0n) is 10.7. The monoisotopic (exact) mass is 319 g/mol. The van der Waals surface area contributed by atoms with Gasteiger partial charge in [-0.15, -0.1) is 0 Å². The molecule has 0 aliphatic rings. The average molecular weight is 319 g/mol. The number of anilines is 1. The number of ether oxygens (including phenoxy) is 1. The maximum atomic E-state index is 10.7. The Morgan fingerprint density at radius 3 is 2.81 bits per heavy atom. The molecule has 116 valence electrons. The number of hydrogen-bond donors (Lipinski definition) is 4. The molecule has 2 aromatic heterocycles. The van der Waals surface area contributed by atoms with Crippen molar-refractivity contribution in [3.63, 3.8) is 0 Å². The fourth-order valence-corrected chi connectivity index (χ4v) is 1.85. The summed E-state index contributed by atoms with van der Waals surface area (Å²) < 4.78 is 16.8. The lowest BCUT2D eigenvalue weighted by molar-refractivity contribution is -0.0327. The van der Waals surface area contributed by atoms with E-state index in [0.29, 0.717) is 11.2 Å². The molecule has 1 atom stereocenters. The van der Waals surface area contributed by atoms with E-state index < -0.39 is 26.7 Å². The Hall–Kier alpha value is -1.78. The van der Waals surface area contributed by atoms with Crippen LogP contribution in [0, 0.1) is 0 Å². The van der Waals surface area contributed by atoms with Crippen LogP contribution in [0.5, 0.6) is 0 Å². The molecular weight excluding hydrogens is 305 g/mol. The van der Waals surface area contributed by atoms with Crippen LogP contribution in [0.1, 0.15) is 0 Å². The third kappa shape index (κ3) is 4.09. The van der Waals surface area contributed by atoms with Crippen molar-refractivity contribution in [2.45, 2.75) is 6.10 Å². The van der Waals surface area contributed by atoms with Crippen molar-refractivity contribution in [2.75, 3.05) is 25.3 Å². The summed E-state index contributed by atoms with van der Waals surface area (Å²) >= 11 is 0. The first-order chi connectivity index (χ1) is 9.90. The third-order valence-corrected chi connectivity index (χ3v) is 2.90. The van der Waals surface area contributed by atoms with Crippen molar-refractivity contribution in [1.29, 1.82) is 0 Å². The number of aromatic nitrogens is 4. The minimum absolute atomic E-state index is 0.161. The van der Waals surface area contributed by atoms with E-state index in [1.807, 2.05) is 0 Å². The van der Waals surface area contributed by atoms with E-state index in [1.54, 1.807) is 0 Å². The molecule has 1 unspecified atom stereocenters. The number of nitrogens with two attached hydrogens (primary N) is 1. The van der Waals surface area contributed by atoms with Crippen molar-refractivity contribution in [3.8, 4) is 0 Å². The number of imidazole rings is 1. The van der Waals surface area contributed by atoms with Crippen molar-refractivity contribution in [1.82, 2.24) is 19.7 Å². The van der Waals surface area contributed by atoms with Gasteiger partial charge in [0.2, 0.25) is 5.65 Å². The Labute approximate surface area is 118 Å². The minimum atomic E-state index is -4.31. The van der Waals surface area contributed by atoms with Crippen LogP contribution in [-0.4, -0.2) is 60.2 Å². The van der Waals surface area contributed by atoms with Crippen molar-refractivity contribution < 1.29 is 29.0 Å². The van der Waals surface area contributed by atoms with Crippen LogP contribution in [0.3, 0.4) is 0 Å². The molecule has 0 saturated heterocycles. The second kappa shape index (κ2) is 6.33. The molecule has 0 aliphatic heterocycles. The molecule has 2 aromatic rings. The Balaban J connectivity index is 2.00. The summed E-state index contributed by atoms with van der Waals surface area (Å²) in [6.45, 7) is -0.629. The van der Waals surface area contributed by atoms with Crippen LogP contribution in [0.15, 0.2) is 12.7 Å². The van der Waals surface area contributed by atoms with Crippen LogP contribution >= 0.6 is 7.60 Å². The van der Waals surface area contributed by atoms with Gasteiger partial charge in [-0.25, -0.2) is 15.0 Å². The Kier molecular flexibility index (Phi) is 4.70. The van der Waals surface area contributed by atoms with E-state index in [1.165, 1.54) is 17.4 Å². The third-order valence-electron chi connectivity index (χ3n) is 2.41. The molecule has 0 radical (unpaired) electrons. The van der Waals surface area contributed by atoms with E-state index in [2.05, 4.69) is 15.0 Å². The quantitative estimate of drug-likeness (QED) is 0.434. The first-order valence-corrected chi connectivity index (χ1v) is 7.54. The highest BCUT2D eigenvalue weighted by Gasteiger charge is 2.18. The van der Waals surface area contributed by atoms with E-state index in [0.717, 1.165) is 0 Å². The van der Waals surface area contributed by atoms with Gasteiger partial charge in [0.15, 0.2) is 11.3 Å². The van der Waals surface area contributed by atoms with Gasteiger partial charge in [-0.2, -0.15) is 4.73 Å². The fraction of sp³-hybridized carbons (Fsp3) is 0.444. The molecule has 0 saturated carbocycles. The lowest BCUT2D eigenvalue weighted by Crippen LogP contribution is -2.29. The second-order valence-corrected chi connectivity index (χ2v) is 5.65. The van der Waals surface area contributed by atoms with Gasteiger partial charge in [-0.1, -0.05) is 0 Å². The van der Waals surface area contributed by atoms with Crippen LogP contribution < -0.4 is 10.6 Å². The van der Waals surface area contributed by atoms with Crippen LogP contribution in [0.25, 0.3) is 11.2 Å². The summed E-state index contributed by atoms with van der Waals surface area (Å²) in [6.07, 6.45) is 0.843. The maximum absolute atomic E-state index is 10.7. The van der Waals surface area contributed by atoms with Crippen molar-refractivity contribution in [3.05, 3.63) is 12.7 Å². The highest BCUT2D eigenvalue weighted by Crippen LogP contribution is 2.34. The molecule has 2 heterocycles. The predicted octanol–water partition coefficient (Wildman–Crippen LogP) is -1.65. The normalized spacial score (nSPS) is 13.5. The first-order valence-electron chi connectivity index (χ1n) is 5.74. The Bertz CT molecular complexity index is 657. The van der Waals surface area contributed by atoms with Crippen LogP contribution in [0.4, 0.5) is 5.82 Å². The zero-order chi connectivity index (χ0) is 15.5. The average Bonchev–Trinajstić information content (AvgIpc) is 2.83. The van der Waals surface area contributed by atoms with Gasteiger partial charge in [0, 0.05) is 0 Å². The van der Waals surface area contributed by atoms with Crippen molar-refractivity contribution in [2.24, 2.45) is 0 Å². The highest BCUT2D eigenvalue weighted by atomic mass is 31.2. The number of rotatable bonds is 7. The Morgan fingerprint density at radius 1 is 1.38 bits per heavy atom. The largest absolute Gasteiger partial charge is 0.408 e. The number of nitrogens with zero attached hydrogens (tertiary/aromatic N) is 4. The molecule has 21 heavy (non-hydrogen) atoms. The van der Waals surface area contributed by atoms with Crippen LogP contribution in [0.2, 0.25) is 0 Å². The van der Waals surface area contributed by atoms with E-state index >= 15 is 0 Å². The van der Waals surface area contributed by atoms with Gasteiger partial charge in [-0.3, -0.25) is 4.57 Å². The number of fused-ring (bicyclic) bond motifs is 1. The molecular formula is C9H14N5O6P. The van der Waals surface area contributed by atoms with E-state index in [4.69, 9.17) is 30.2 Å². The summed E-state index contributed by atoms with van der Waals surface area (Å²) in [5, 5.41) is 9.08. The van der Waals surface area contributed by atoms with Gasteiger partial charge in [0.25, 0.3) is 0 Å². The van der Waals surface area contributed by atoms with Crippen molar-refractivity contribution >= 4 is 24.6 Å². The summed E-state index contributed by atoms with van der Waals surface area (Å²) in [4.78, 5) is 34.4. The fourth-order valence-electron chi connectivity index (χ4n) is 1.45. The smallest absolute Gasteiger partial charge is 0.350 e. The van der Waals surface area contributed by atoms with Gasteiger partial charge in [0.05, 0.1) is 6.61 Å². The molecule has 0 amide bonds. The van der Waals surface area contributed by atoms with Crippen LogP contribution in [-0.2, 0) is 9.30 Å². The van der Waals surface area contributed by atoms with Gasteiger partial charge >= 0.3 is 7.60 Å². The Morgan fingerprint density at radius 2 is 2.14 bits per heavy atom. The zero-order valence-corrected chi connectivity index (χ0v) is 11.6. The summed E-state index contributed by atoms with van der Waals surface area (Å²) in [5.41, 5.74) is 6.30. The minimum Gasteiger partial charge on any atom is -0.408 e. The SMILES string of the molecule is Nc1ncnc2c1ncn2OCC(CO)OCP(=O)(O)O. The summed E-state index contributed by atoms with van der Waals surface area (Å²) in [5.74, 6) is 0.193. The first kappa shape index (κ1) is 15.6. The van der Waals surface area contributed by atoms with Gasteiger partial charge < -0.3 is 30.2 Å². The second-order valence-electron chi connectivity index (χ2n) is 4.06. The molecule has 12 heteroatoms. The predicted molar refractivity (Wildman–Crippen MR) is 70.1 cm³/mol. The molecule has 0 aromatic carbocycles. The van der Waals surface area contributed by atoms with Gasteiger partial charge in [-0.05, 0) is 0 Å². The lowest BCUT2D eigenvalue weighted by Gasteiger charge is -2.16. The number of aliphatic hydroxyl groups excluding tert-OH is 1. The maximum Gasteiger partial charge on any atom is 0.350 e. The molecule has 0 spiro atoms. The molecule has 0 bridgehead atoms.